The number of hydrogen-bond acceptors (Lipinski definition) is 9. The Labute approximate surface area is 154 Å². The molecule has 5 N–H and O–H groups in total. The fourth-order valence-corrected chi connectivity index (χ4v) is 3.28. The molecule has 1 unspecified atom stereocenters. The zero-order chi connectivity index (χ0) is 19.0. The van der Waals surface area contributed by atoms with Crippen LogP contribution in [0.3, 0.4) is 0 Å². The molecule has 3 aromatic heterocycles. The minimum Gasteiger partial charge on any atom is -0.394 e. The molecule has 1 aliphatic rings. The molecule has 4 atom stereocenters. The van der Waals surface area contributed by atoms with Gasteiger partial charge >= 0.3 is 0 Å². The number of H-pyrrole nitrogens is 1. The van der Waals surface area contributed by atoms with Crippen molar-refractivity contribution in [2.45, 2.75) is 37.4 Å². The van der Waals surface area contributed by atoms with E-state index in [0.29, 0.717) is 23.5 Å². The second-order valence-electron chi connectivity index (χ2n) is 6.68. The van der Waals surface area contributed by atoms with Crippen molar-refractivity contribution in [3.05, 3.63) is 30.9 Å². The minimum atomic E-state index is -1.61. The van der Waals surface area contributed by atoms with Gasteiger partial charge in [-0.15, -0.1) is 0 Å². The van der Waals surface area contributed by atoms with E-state index >= 15 is 0 Å². The zero-order valence-corrected chi connectivity index (χ0v) is 14.6. The molecule has 0 spiro atoms. The quantitative estimate of drug-likeness (QED) is 0.373. The summed E-state index contributed by atoms with van der Waals surface area (Å²) in [7, 11) is 0. The van der Waals surface area contributed by atoms with Gasteiger partial charge in [0.05, 0.1) is 19.3 Å². The Kier molecular flexibility index (Phi) is 4.52. The highest BCUT2D eigenvalue weighted by atomic mass is 16.6. The second-order valence-corrected chi connectivity index (χ2v) is 6.68. The molecule has 0 bridgehead atoms. The lowest BCUT2D eigenvalue weighted by Crippen LogP contribution is -2.44. The van der Waals surface area contributed by atoms with E-state index in [-0.39, 0.29) is 0 Å². The van der Waals surface area contributed by atoms with Crippen molar-refractivity contribution in [1.82, 2.24) is 29.5 Å². The highest BCUT2D eigenvalue weighted by Crippen LogP contribution is 2.39. The van der Waals surface area contributed by atoms with Gasteiger partial charge in [0.1, 0.15) is 24.1 Å². The summed E-state index contributed by atoms with van der Waals surface area (Å²) in [6, 6.07) is 0. The summed E-state index contributed by atoms with van der Waals surface area (Å²) in [4.78, 5) is 19.8. The van der Waals surface area contributed by atoms with Crippen LogP contribution < -0.4 is 5.32 Å². The molecule has 27 heavy (non-hydrogen) atoms. The molecular formula is C16H21N7O4. The number of aromatic nitrogens is 6. The molecule has 11 nitrogen and oxygen atoms in total. The molecule has 1 fully saturated rings. The van der Waals surface area contributed by atoms with E-state index in [1.54, 1.807) is 12.5 Å². The average Bonchev–Trinajstić information content (AvgIpc) is 3.36. The average molecular weight is 375 g/mol. The Morgan fingerprint density at radius 1 is 1.37 bits per heavy atom. The van der Waals surface area contributed by atoms with Crippen molar-refractivity contribution in [3.63, 3.8) is 0 Å². The molecule has 0 saturated carbocycles. The molecule has 0 amide bonds. The predicted molar refractivity (Wildman–Crippen MR) is 93.7 cm³/mol. The van der Waals surface area contributed by atoms with Crippen molar-refractivity contribution in [3.8, 4) is 0 Å². The molecule has 0 radical (unpaired) electrons. The molecular weight excluding hydrogens is 354 g/mol. The first-order valence-electron chi connectivity index (χ1n) is 8.57. The van der Waals surface area contributed by atoms with Crippen LogP contribution in [0.2, 0.25) is 0 Å². The molecule has 4 heterocycles. The van der Waals surface area contributed by atoms with Crippen LogP contribution in [-0.4, -0.2) is 75.8 Å². The summed E-state index contributed by atoms with van der Waals surface area (Å²) in [6.45, 7) is 1.66. The fraction of sp³-hybridized carbons (Fsp3) is 0.500. The lowest BCUT2D eigenvalue weighted by molar-refractivity contribution is -0.0950. The number of hydrogen-bond donors (Lipinski definition) is 5. The molecule has 4 rings (SSSR count). The Morgan fingerprint density at radius 3 is 2.93 bits per heavy atom. The monoisotopic (exact) mass is 375 g/mol. The largest absolute Gasteiger partial charge is 0.394 e. The van der Waals surface area contributed by atoms with E-state index in [2.05, 4.69) is 30.2 Å². The number of ether oxygens (including phenoxy) is 1. The number of aliphatic hydroxyl groups is 3. The van der Waals surface area contributed by atoms with Crippen molar-refractivity contribution >= 4 is 17.0 Å². The third-order valence-electron chi connectivity index (χ3n) is 4.79. The first kappa shape index (κ1) is 17.8. The minimum absolute atomic E-state index is 0.407. The van der Waals surface area contributed by atoms with Gasteiger partial charge in [-0.2, -0.15) is 0 Å². The smallest absolute Gasteiger partial charge is 0.168 e. The number of imidazole rings is 2. The standard InChI is InChI=1S/C16H21N7O4/c1-16(26)12(25)10(5-24)27-15(16)23-8-22-11-13(20-7-21-14(11)23)18-3-2-9-4-17-6-19-9/h4,6-8,10,12,15,24-26H,2-3,5H2,1H3,(H,17,19)(H,18,20,21)/t10-,12-,15?,16-/m1/s1. The molecule has 1 saturated heterocycles. The van der Waals surface area contributed by atoms with Crippen molar-refractivity contribution in [2.24, 2.45) is 0 Å². The fourth-order valence-electron chi connectivity index (χ4n) is 3.28. The van der Waals surface area contributed by atoms with Gasteiger partial charge in [-0.25, -0.2) is 19.9 Å². The molecule has 1 aliphatic heterocycles. The first-order valence-corrected chi connectivity index (χ1v) is 8.57. The van der Waals surface area contributed by atoms with Crippen LogP contribution in [0.4, 0.5) is 5.82 Å². The number of fused-ring (bicyclic) bond motifs is 1. The predicted octanol–water partition coefficient (Wildman–Crippen LogP) is -0.794. The maximum Gasteiger partial charge on any atom is 0.168 e. The Bertz CT molecular complexity index is 911. The third kappa shape index (κ3) is 3.04. The van der Waals surface area contributed by atoms with Gasteiger partial charge < -0.3 is 30.4 Å². The van der Waals surface area contributed by atoms with Gasteiger partial charge in [0.2, 0.25) is 0 Å². The van der Waals surface area contributed by atoms with Gasteiger partial charge in [-0.05, 0) is 6.92 Å². The van der Waals surface area contributed by atoms with E-state index in [1.807, 2.05) is 0 Å². The normalized spacial score (nSPS) is 28.1. The molecule has 144 valence electrons. The van der Waals surface area contributed by atoms with Crippen molar-refractivity contribution in [2.75, 3.05) is 18.5 Å². The summed E-state index contributed by atoms with van der Waals surface area (Å²) in [5.74, 6) is 0.551. The van der Waals surface area contributed by atoms with E-state index in [4.69, 9.17) is 4.74 Å². The van der Waals surface area contributed by atoms with E-state index < -0.39 is 30.6 Å². The number of aliphatic hydroxyl groups excluding tert-OH is 2. The number of rotatable bonds is 6. The Balaban J connectivity index is 1.59. The van der Waals surface area contributed by atoms with Gasteiger partial charge in [-0.3, -0.25) is 4.57 Å². The SMILES string of the molecule is C[C@]1(O)C(n2cnc3c(NCCc4cnc[nH]4)ncnc32)O[C@H](CO)[C@H]1O. The van der Waals surface area contributed by atoms with Crippen LogP contribution in [0, 0.1) is 0 Å². The highest BCUT2D eigenvalue weighted by molar-refractivity contribution is 5.82. The van der Waals surface area contributed by atoms with Gasteiger partial charge in [0.25, 0.3) is 0 Å². The third-order valence-corrected chi connectivity index (χ3v) is 4.79. The summed E-state index contributed by atoms with van der Waals surface area (Å²) in [5, 5.41) is 33.4. The maximum atomic E-state index is 10.7. The summed E-state index contributed by atoms with van der Waals surface area (Å²) in [5.41, 5.74) is 0.353. The van der Waals surface area contributed by atoms with Crippen LogP contribution in [-0.2, 0) is 11.2 Å². The Hall–Kier alpha value is -2.60. The van der Waals surface area contributed by atoms with Crippen LogP contribution in [0.25, 0.3) is 11.2 Å². The lowest BCUT2D eigenvalue weighted by Gasteiger charge is -2.27. The second kappa shape index (κ2) is 6.85. The molecule has 11 heteroatoms. The highest BCUT2D eigenvalue weighted by Gasteiger charge is 2.53. The van der Waals surface area contributed by atoms with E-state index in [1.165, 1.54) is 24.1 Å². The van der Waals surface area contributed by atoms with Gasteiger partial charge in [-0.1, -0.05) is 0 Å². The van der Waals surface area contributed by atoms with E-state index in [9.17, 15) is 15.3 Å². The number of nitrogens with zero attached hydrogens (tertiary/aromatic N) is 5. The van der Waals surface area contributed by atoms with Gasteiger partial charge in [0, 0.05) is 24.9 Å². The summed E-state index contributed by atoms with van der Waals surface area (Å²) in [6.07, 6.45) is 3.91. The summed E-state index contributed by atoms with van der Waals surface area (Å²) < 4.78 is 7.18. The van der Waals surface area contributed by atoms with Crippen LogP contribution in [0.15, 0.2) is 25.2 Å². The van der Waals surface area contributed by atoms with Crippen LogP contribution in [0.1, 0.15) is 18.8 Å². The van der Waals surface area contributed by atoms with Gasteiger partial charge in [0.15, 0.2) is 23.2 Å². The molecule has 0 aromatic carbocycles. The first-order chi connectivity index (χ1) is 13.0. The maximum absolute atomic E-state index is 10.7. The Morgan fingerprint density at radius 2 is 2.22 bits per heavy atom. The molecule has 3 aromatic rings. The van der Waals surface area contributed by atoms with E-state index in [0.717, 1.165) is 12.1 Å². The zero-order valence-electron chi connectivity index (χ0n) is 14.6. The van der Waals surface area contributed by atoms with Crippen molar-refractivity contribution in [1.29, 1.82) is 0 Å². The summed E-state index contributed by atoms with van der Waals surface area (Å²) >= 11 is 0. The number of anilines is 1. The van der Waals surface area contributed by atoms with Crippen LogP contribution >= 0.6 is 0 Å². The number of nitrogens with one attached hydrogen (secondary N) is 2. The molecule has 0 aliphatic carbocycles. The topological polar surface area (TPSA) is 154 Å². The lowest BCUT2D eigenvalue weighted by atomic mass is 9.96. The number of aromatic amines is 1. The van der Waals surface area contributed by atoms with Crippen molar-refractivity contribution < 1.29 is 20.1 Å². The van der Waals surface area contributed by atoms with Crippen LogP contribution in [0.5, 0.6) is 0 Å².